The van der Waals surface area contributed by atoms with Crippen LogP contribution >= 0.6 is 0 Å². The number of aryl methyl sites for hydroxylation is 1. The molecule has 1 amide bonds. The molecule has 2 aromatic carbocycles. The molecular weight excluding hydrogens is 338 g/mol. The Morgan fingerprint density at radius 1 is 1.11 bits per heavy atom. The van der Waals surface area contributed by atoms with E-state index in [2.05, 4.69) is 42.0 Å². The van der Waals surface area contributed by atoms with Gasteiger partial charge in [-0.05, 0) is 43.0 Å². The molecule has 2 aromatic rings. The number of benzene rings is 2. The maximum Gasteiger partial charge on any atom is 0.254 e. The highest BCUT2D eigenvalue weighted by Crippen LogP contribution is 2.35. The first-order valence-corrected chi connectivity index (χ1v) is 9.68. The Hall–Kier alpha value is -2.37. The van der Waals surface area contributed by atoms with E-state index in [0.29, 0.717) is 11.5 Å². The van der Waals surface area contributed by atoms with Crippen LogP contribution < -0.4 is 15.6 Å². The van der Waals surface area contributed by atoms with Crippen LogP contribution in [0, 0.1) is 6.92 Å². The van der Waals surface area contributed by atoms with Gasteiger partial charge >= 0.3 is 0 Å². The van der Waals surface area contributed by atoms with Gasteiger partial charge in [0.1, 0.15) is 5.75 Å². The summed E-state index contributed by atoms with van der Waals surface area (Å²) in [7, 11) is 1.67. The third kappa shape index (κ3) is 3.57. The van der Waals surface area contributed by atoms with Crippen LogP contribution in [0.3, 0.4) is 0 Å². The molecule has 2 saturated heterocycles. The summed E-state index contributed by atoms with van der Waals surface area (Å²) in [4.78, 5) is 15.3. The number of carbonyl (C=O) groups is 1. The van der Waals surface area contributed by atoms with Gasteiger partial charge in [0.25, 0.3) is 5.91 Å². The molecule has 2 heterocycles. The van der Waals surface area contributed by atoms with Crippen molar-refractivity contribution in [2.24, 2.45) is 0 Å². The van der Waals surface area contributed by atoms with E-state index < -0.39 is 0 Å². The van der Waals surface area contributed by atoms with Gasteiger partial charge < -0.3 is 9.64 Å². The van der Waals surface area contributed by atoms with Gasteiger partial charge in [0.15, 0.2) is 0 Å². The summed E-state index contributed by atoms with van der Waals surface area (Å²) in [5.41, 5.74) is 10.6. The predicted octanol–water partition coefficient (Wildman–Crippen LogP) is 3.17. The van der Waals surface area contributed by atoms with Gasteiger partial charge in [0.2, 0.25) is 0 Å². The summed E-state index contributed by atoms with van der Waals surface area (Å²) >= 11 is 0. The SMILES string of the molecule is COc1cc(C(=O)N2CCCC2c2ccc(C)cc2)ccc1C1CNNC1. The van der Waals surface area contributed by atoms with Gasteiger partial charge in [-0.25, -0.2) is 0 Å². The lowest BCUT2D eigenvalue weighted by Crippen LogP contribution is -2.30. The van der Waals surface area contributed by atoms with Crippen molar-refractivity contribution in [1.82, 2.24) is 15.8 Å². The van der Waals surface area contributed by atoms with Crippen molar-refractivity contribution < 1.29 is 9.53 Å². The monoisotopic (exact) mass is 365 g/mol. The molecule has 0 saturated carbocycles. The Kier molecular flexibility index (Phi) is 5.14. The van der Waals surface area contributed by atoms with Crippen molar-refractivity contribution in [3.8, 4) is 5.75 Å². The number of hydrogen-bond acceptors (Lipinski definition) is 4. The van der Waals surface area contributed by atoms with E-state index in [9.17, 15) is 4.79 Å². The van der Waals surface area contributed by atoms with E-state index in [1.807, 2.05) is 23.1 Å². The molecule has 2 aliphatic rings. The van der Waals surface area contributed by atoms with E-state index in [0.717, 1.165) is 43.8 Å². The zero-order valence-electron chi connectivity index (χ0n) is 16.0. The van der Waals surface area contributed by atoms with Crippen molar-refractivity contribution in [3.05, 3.63) is 64.7 Å². The van der Waals surface area contributed by atoms with E-state index in [1.54, 1.807) is 7.11 Å². The van der Waals surface area contributed by atoms with Crippen LogP contribution in [0.25, 0.3) is 0 Å². The molecule has 2 aliphatic heterocycles. The number of methoxy groups -OCH3 is 1. The van der Waals surface area contributed by atoms with Gasteiger partial charge in [-0.3, -0.25) is 15.6 Å². The molecule has 0 spiro atoms. The number of rotatable bonds is 4. The zero-order valence-corrected chi connectivity index (χ0v) is 16.0. The van der Waals surface area contributed by atoms with Crippen molar-refractivity contribution in [2.75, 3.05) is 26.7 Å². The minimum Gasteiger partial charge on any atom is -0.496 e. The molecule has 0 aromatic heterocycles. The largest absolute Gasteiger partial charge is 0.496 e. The first-order valence-electron chi connectivity index (χ1n) is 9.68. The number of amides is 1. The minimum absolute atomic E-state index is 0.0885. The third-order valence-electron chi connectivity index (χ3n) is 5.72. The molecule has 0 aliphatic carbocycles. The molecule has 1 unspecified atom stereocenters. The summed E-state index contributed by atoms with van der Waals surface area (Å²) < 4.78 is 5.61. The molecule has 0 radical (unpaired) electrons. The highest BCUT2D eigenvalue weighted by atomic mass is 16.5. The molecular formula is C22H27N3O2. The maximum absolute atomic E-state index is 13.2. The molecule has 2 N–H and O–H groups in total. The smallest absolute Gasteiger partial charge is 0.254 e. The molecule has 142 valence electrons. The second kappa shape index (κ2) is 7.71. The Morgan fingerprint density at radius 3 is 2.56 bits per heavy atom. The topological polar surface area (TPSA) is 53.6 Å². The van der Waals surface area contributed by atoms with Crippen LogP contribution in [0.5, 0.6) is 5.75 Å². The molecule has 2 fully saturated rings. The van der Waals surface area contributed by atoms with Crippen LogP contribution in [0.4, 0.5) is 0 Å². The van der Waals surface area contributed by atoms with Crippen LogP contribution in [0.1, 0.15) is 51.8 Å². The molecule has 1 atom stereocenters. The van der Waals surface area contributed by atoms with E-state index in [-0.39, 0.29) is 11.9 Å². The Labute approximate surface area is 160 Å². The predicted molar refractivity (Wildman–Crippen MR) is 106 cm³/mol. The number of ether oxygens (including phenoxy) is 1. The highest BCUT2D eigenvalue weighted by Gasteiger charge is 2.31. The summed E-state index contributed by atoms with van der Waals surface area (Å²) in [6.07, 6.45) is 2.06. The summed E-state index contributed by atoms with van der Waals surface area (Å²) in [5.74, 6) is 1.24. The zero-order chi connectivity index (χ0) is 18.8. The number of hydrazine groups is 1. The van der Waals surface area contributed by atoms with Gasteiger partial charge in [0.05, 0.1) is 13.2 Å². The quantitative estimate of drug-likeness (QED) is 0.874. The lowest BCUT2D eigenvalue weighted by Gasteiger charge is -2.26. The fraction of sp³-hybridized carbons (Fsp3) is 0.409. The number of nitrogens with one attached hydrogen (secondary N) is 2. The lowest BCUT2D eigenvalue weighted by molar-refractivity contribution is 0.0735. The van der Waals surface area contributed by atoms with Gasteiger partial charge in [0, 0.05) is 31.1 Å². The van der Waals surface area contributed by atoms with E-state index in [4.69, 9.17) is 4.74 Å². The van der Waals surface area contributed by atoms with Crippen molar-refractivity contribution in [1.29, 1.82) is 0 Å². The van der Waals surface area contributed by atoms with Gasteiger partial charge in [-0.1, -0.05) is 35.9 Å². The number of nitrogens with zero attached hydrogens (tertiary/aromatic N) is 1. The number of carbonyl (C=O) groups excluding carboxylic acids is 1. The van der Waals surface area contributed by atoms with Crippen molar-refractivity contribution in [2.45, 2.75) is 31.7 Å². The van der Waals surface area contributed by atoms with Crippen LogP contribution in [-0.4, -0.2) is 37.6 Å². The first kappa shape index (κ1) is 18.0. The van der Waals surface area contributed by atoms with Gasteiger partial charge in [-0.15, -0.1) is 0 Å². The van der Waals surface area contributed by atoms with Crippen molar-refractivity contribution in [3.63, 3.8) is 0 Å². The molecule has 5 heteroatoms. The van der Waals surface area contributed by atoms with Crippen molar-refractivity contribution >= 4 is 5.91 Å². The summed E-state index contributed by atoms with van der Waals surface area (Å²) in [5, 5.41) is 0. The maximum atomic E-state index is 13.2. The second-order valence-corrected chi connectivity index (χ2v) is 7.48. The number of likely N-dealkylation sites (tertiary alicyclic amines) is 1. The summed E-state index contributed by atoms with van der Waals surface area (Å²) in [6.45, 7) is 4.62. The molecule has 5 nitrogen and oxygen atoms in total. The average Bonchev–Trinajstić information content (AvgIpc) is 3.39. The third-order valence-corrected chi connectivity index (χ3v) is 5.72. The Bertz CT molecular complexity index is 813. The van der Waals surface area contributed by atoms with Crippen LogP contribution in [0.2, 0.25) is 0 Å². The van der Waals surface area contributed by atoms with E-state index in [1.165, 1.54) is 11.1 Å². The van der Waals surface area contributed by atoms with E-state index >= 15 is 0 Å². The average molecular weight is 365 g/mol. The lowest BCUT2D eigenvalue weighted by atomic mass is 9.97. The molecule has 0 bridgehead atoms. The normalized spacial score (nSPS) is 20.2. The standard InChI is InChI=1S/C22H27N3O2/c1-15-5-7-16(8-6-15)20-4-3-11-25(20)22(26)17-9-10-19(21(12-17)27-2)18-13-23-24-14-18/h5-10,12,18,20,23-24H,3-4,11,13-14H2,1-2H3. The second-order valence-electron chi connectivity index (χ2n) is 7.48. The Balaban J connectivity index is 1.58. The fourth-order valence-corrected chi connectivity index (χ4v) is 4.18. The molecule has 4 rings (SSSR count). The summed E-state index contributed by atoms with van der Waals surface area (Å²) in [6, 6.07) is 14.6. The van der Waals surface area contributed by atoms with Gasteiger partial charge in [-0.2, -0.15) is 0 Å². The minimum atomic E-state index is 0.0885. The molecule has 27 heavy (non-hydrogen) atoms. The van der Waals surface area contributed by atoms with Crippen LogP contribution in [-0.2, 0) is 0 Å². The Morgan fingerprint density at radius 2 is 1.85 bits per heavy atom. The van der Waals surface area contributed by atoms with Crippen LogP contribution in [0.15, 0.2) is 42.5 Å². The highest BCUT2D eigenvalue weighted by molar-refractivity contribution is 5.95. The fourth-order valence-electron chi connectivity index (χ4n) is 4.18. The number of hydrogen-bond donors (Lipinski definition) is 2. The first-order chi connectivity index (χ1) is 13.2.